The normalized spacial score (nSPS) is 46.5. The first kappa shape index (κ1) is 21.0. The highest BCUT2D eigenvalue weighted by Gasteiger charge is 2.60. The summed E-state index contributed by atoms with van der Waals surface area (Å²) in [6.45, 7) is 7.83. The van der Waals surface area contributed by atoms with Gasteiger partial charge in [0, 0.05) is 11.9 Å². The lowest BCUT2D eigenvalue weighted by Crippen LogP contribution is -2.54. The van der Waals surface area contributed by atoms with Crippen LogP contribution in [-0.2, 0) is 6.42 Å². The predicted octanol–water partition coefficient (Wildman–Crippen LogP) is 6.67. The molecule has 1 N–H and O–H groups in total. The maximum atomic E-state index is 10.3. The largest absolute Gasteiger partial charge is 0.393 e. The number of fused-ring (bicyclic) bond motifs is 5. The number of aliphatic hydroxyl groups is 1. The molecule has 166 valence electrons. The average Bonchev–Trinajstić information content (AvgIpc) is 3.10. The van der Waals surface area contributed by atoms with Crippen LogP contribution in [0.2, 0.25) is 0 Å². The molecular formula is C28H43NO. The van der Waals surface area contributed by atoms with Crippen molar-refractivity contribution in [3.05, 3.63) is 30.1 Å². The molecule has 2 heteroatoms. The molecule has 1 heterocycles. The number of aromatic nitrogens is 1. The van der Waals surface area contributed by atoms with Crippen molar-refractivity contribution >= 4 is 0 Å². The van der Waals surface area contributed by atoms with Crippen molar-refractivity contribution in [3.63, 3.8) is 0 Å². The molecule has 0 bridgehead atoms. The lowest BCUT2D eigenvalue weighted by atomic mass is 9.44. The molecule has 1 aromatic heterocycles. The number of nitrogens with zero attached hydrogens (tertiary/aromatic N) is 1. The molecule has 1 unspecified atom stereocenters. The maximum Gasteiger partial charge on any atom is 0.0543 e. The molecule has 4 fully saturated rings. The number of hydrogen-bond donors (Lipinski definition) is 1. The topological polar surface area (TPSA) is 33.1 Å². The summed E-state index contributed by atoms with van der Waals surface area (Å²) in [5.41, 5.74) is 2.33. The molecule has 0 aliphatic heterocycles. The standard InChI is InChI=1S/C28H43NO/c1-19(7-9-21-6-4-5-17-29-21)24-11-12-25-23-10-8-20-18-22(30)13-15-27(20,2)26(23)14-16-28(24,25)3/h4-6,17,19-20,22-26,30H,7-16,18H2,1-3H3/t19?,20-,22-,23-,24+,25-,26-,27-,28+/m0/s1. The van der Waals surface area contributed by atoms with Crippen molar-refractivity contribution in [1.82, 2.24) is 4.98 Å². The third-order valence-corrected chi connectivity index (χ3v) is 11.0. The Kier molecular flexibility index (Phi) is 5.53. The first-order valence-electron chi connectivity index (χ1n) is 13.0. The van der Waals surface area contributed by atoms with E-state index >= 15 is 0 Å². The van der Waals surface area contributed by atoms with E-state index in [2.05, 4.69) is 37.9 Å². The summed E-state index contributed by atoms with van der Waals surface area (Å²) >= 11 is 0. The molecule has 5 rings (SSSR count). The van der Waals surface area contributed by atoms with E-state index in [9.17, 15) is 5.11 Å². The molecule has 4 aliphatic carbocycles. The summed E-state index contributed by atoms with van der Waals surface area (Å²) in [5, 5.41) is 10.3. The fourth-order valence-electron chi connectivity index (χ4n) is 9.33. The van der Waals surface area contributed by atoms with Gasteiger partial charge in [-0.3, -0.25) is 4.98 Å². The smallest absolute Gasteiger partial charge is 0.0543 e. The van der Waals surface area contributed by atoms with Crippen LogP contribution in [0.25, 0.3) is 0 Å². The van der Waals surface area contributed by atoms with Gasteiger partial charge >= 0.3 is 0 Å². The second-order valence-corrected chi connectivity index (χ2v) is 12.2. The van der Waals surface area contributed by atoms with Gasteiger partial charge in [0.05, 0.1) is 6.10 Å². The maximum absolute atomic E-state index is 10.3. The fourth-order valence-corrected chi connectivity index (χ4v) is 9.33. The SMILES string of the molecule is CC(CCc1ccccn1)[C@H]1CC[C@H]2[C@@H]3CC[C@H]4C[C@@H](O)CC[C@]4(C)[C@H]3CC[C@]12C. The average molecular weight is 410 g/mol. The number of hydrogen-bond acceptors (Lipinski definition) is 2. The zero-order valence-electron chi connectivity index (χ0n) is 19.5. The Balaban J connectivity index is 1.29. The van der Waals surface area contributed by atoms with E-state index in [-0.39, 0.29) is 6.10 Å². The lowest BCUT2D eigenvalue weighted by molar-refractivity contribution is -0.129. The highest BCUT2D eigenvalue weighted by Crippen LogP contribution is 2.68. The Bertz CT molecular complexity index is 733. The van der Waals surface area contributed by atoms with Crippen LogP contribution in [0.4, 0.5) is 0 Å². The van der Waals surface area contributed by atoms with Gasteiger partial charge < -0.3 is 5.11 Å². The van der Waals surface area contributed by atoms with Gasteiger partial charge in [0.15, 0.2) is 0 Å². The summed E-state index contributed by atoms with van der Waals surface area (Å²) in [6, 6.07) is 6.34. The molecular weight excluding hydrogens is 366 g/mol. The minimum Gasteiger partial charge on any atom is -0.393 e. The van der Waals surface area contributed by atoms with Crippen LogP contribution in [-0.4, -0.2) is 16.2 Å². The van der Waals surface area contributed by atoms with Crippen molar-refractivity contribution in [2.24, 2.45) is 46.3 Å². The summed E-state index contributed by atoms with van der Waals surface area (Å²) in [5.74, 6) is 5.29. The second-order valence-electron chi connectivity index (χ2n) is 12.2. The highest BCUT2D eigenvalue weighted by atomic mass is 16.3. The highest BCUT2D eigenvalue weighted by molar-refractivity contribution is 5.10. The van der Waals surface area contributed by atoms with E-state index in [1.807, 2.05) is 12.3 Å². The fraction of sp³-hybridized carbons (Fsp3) is 0.821. The molecule has 9 atom stereocenters. The molecule has 4 saturated carbocycles. The van der Waals surface area contributed by atoms with E-state index in [0.717, 1.165) is 54.8 Å². The minimum atomic E-state index is -0.0238. The van der Waals surface area contributed by atoms with Crippen molar-refractivity contribution in [3.8, 4) is 0 Å². The lowest BCUT2D eigenvalue weighted by Gasteiger charge is -2.61. The summed E-state index contributed by atoms with van der Waals surface area (Å²) < 4.78 is 0. The van der Waals surface area contributed by atoms with Crippen molar-refractivity contribution in [2.45, 2.75) is 97.5 Å². The summed E-state index contributed by atoms with van der Waals surface area (Å²) in [4.78, 5) is 4.56. The van der Waals surface area contributed by atoms with Gasteiger partial charge in [-0.2, -0.15) is 0 Å². The molecule has 0 amide bonds. The van der Waals surface area contributed by atoms with Gasteiger partial charge in [0.2, 0.25) is 0 Å². The quantitative estimate of drug-likeness (QED) is 0.602. The van der Waals surface area contributed by atoms with Gasteiger partial charge in [-0.15, -0.1) is 0 Å². The first-order valence-corrected chi connectivity index (χ1v) is 13.0. The molecule has 4 aliphatic rings. The van der Waals surface area contributed by atoms with Crippen molar-refractivity contribution < 1.29 is 5.11 Å². The van der Waals surface area contributed by atoms with Gasteiger partial charge in [-0.1, -0.05) is 26.8 Å². The Labute approximate surface area is 184 Å². The van der Waals surface area contributed by atoms with Gasteiger partial charge in [0.1, 0.15) is 0 Å². The van der Waals surface area contributed by atoms with Crippen LogP contribution in [0.5, 0.6) is 0 Å². The summed E-state index contributed by atoms with van der Waals surface area (Å²) in [7, 11) is 0. The van der Waals surface area contributed by atoms with Crippen LogP contribution in [0.1, 0.15) is 90.7 Å². The van der Waals surface area contributed by atoms with Crippen LogP contribution >= 0.6 is 0 Å². The van der Waals surface area contributed by atoms with Gasteiger partial charge in [0.25, 0.3) is 0 Å². The Morgan fingerprint density at radius 2 is 1.80 bits per heavy atom. The first-order chi connectivity index (χ1) is 14.4. The van der Waals surface area contributed by atoms with Crippen LogP contribution in [0.15, 0.2) is 24.4 Å². The Morgan fingerprint density at radius 1 is 1.00 bits per heavy atom. The van der Waals surface area contributed by atoms with Gasteiger partial charge in [-0.05, 0) is 129 Å². The number of aliphatic hydroxyl groups excluding tert-OH is 1. The van der Waals surface area contributed by atoms with E-state index in [1.54, 1.807) is 0 Å². The zero-order valence-corrected chi connectivity index (χ0v) is 19.5. The Morgan fingerprint density at radius 3 is 2.60 bits per heavy atom. The van der Waals surface area contributed by atoms with E-state index in [4.69, 9.17) is 0 Å². The Hall–Kier alpha value is -0.890. The second kappa shape index (κ2) is 7.91. The number of aryl methyl sites for hydroxylation is 1. The zero-order chi connectivity index (χ0) is 20.9. The predicted molar refractivity (Wildman–Crippen MR) is 123 cm³/mol. The summed E-state index contributed by atoms with van der Waals surface area (Å²) in [6.07, 6.45) is 16.4. The molecule has 0 saturated heterocycles. The van der Waals surface area contributed by atoms with Crippen molar-refractivity contribution in [1.29, 1.82) is 0 Å². The third-order valence-electron chi connectivity index (χ3n) is 11.0. The van der Waals surface area contributed by atoms with E-state index in [1.165, 1.54) is 57.1 Å². The third kappa shape index (κ3) is 3.37. The van der Waals surface area contributed by atoms with Gasteiger partial charge in [-0.25, -0.2) is 0 Å². The van der Waals surface area contributed by atoms with E-state index in [0.29, 0.717) is 10.8 Å². The van der Waals surface area contributed by atoms with Crippen LogP contribution < -0.4 is 0 Å². The molecule has 0 spiro atoms. The van der Waals surface area contributed by atoms with Crippen LogP contribution in [0, 0.1) is 46.3 Å². The minimum absolute atomic E-state index is 0.0238. The van der Waals surface area contributed by atoms with Crippen molar-refractivity contribution in [2.75, 3.05) is 0 Å². The number of rotatable bonds is 4. The molecule has 2 nitrogen and oxygen atoms in total. The monoisotopic (exact) mass is 409 g/mol. The van der Waals surface area contributed by atoms with Crippen LogP contribution in [0.3, 0.4) is 0 Å². The number of pyridine rings is 1. The molecule has 0 aromatic carbocycles. The van der Waals surface area contributed by atoms with E-state index < -0.39 is 0 Å². The molecule has 0 radical (unpaired) electrons. The molecule has 1 aromatic rings. The molecule has 30 heavy (non-hydrogen) atoms.